The number of imide groups is 1. The summed E-state index contributed by atoms with van der Waals surface area (Å²) in [6, 6.07) is 13.8. The molecule has 0 bridgehead atoms. The normalized spacial score (nSPS) is 13.1. The molecule has 6 nitrogen and oxygen atoms in total. The first-order valence-electron chi connectivity index (χ1n) is 7.92. The van der Waals surface area contributed by atoms with E-state index in [2.05, 4.69) is 4.74 Å². The summed E-state index contributed by atoms with van der Waals surface area (Å²) in [5, 5.41) is 3.81. The molecule has 5 N–H and O–H groups in total. The molecule has 0 fully saturated rings. The highest BCUT2D eigenvalue weighted by molar-refractivity contribution is 5.95. The van der Waals surface area contributed by atoms with Crippen LogP contribution < -0.4 is 21.1 Å². The Kier molecular flexibility index (Phi) is 6.62. The van der Waals surface area contributed by atoms with Crippen LogP contribution in [0.2, 0.25) is 0 Å². The first-order valence-corrected chi connectivity index (χ1v) is 7.92. The van der Waals surface area contributed by atoms with Gasteiger partial charge in [-0.15, -0.1) is 0 Å². The molecule has 0 aliphatic heterocycles. The van der Waals surface area contributed by atoms with Crippen LogP contribution >= 0.6 is 0 Å². The van der Waals surface area contributed by atoms with Gasteiger partial charge in [0.25, 0.3) is 5.91 Å². The average Bonchev–Trinajstić information content (AvgIpc) is 2.60. The summed E-state index contributed by atoms with van der Waals surface area (Å²) in [5.41, 5.74) is 6.68. The molecule has 0 heterocycles. The van der Waals surface area contributed by atoms with Crippen molar-refractivity contribution < 1.29 is 28.4 Å². The van der Waals surface area contributed by atoms with Gasteiger partial charge in [0.1, 0.15) is 11.8 Å². The molecular weight excluding hydrogens is 344 g/mol. The van der Waals surface area contributed by atoms with E-state index in [1.807, 2.05) is 35.6 Å². The number of alkyl halides is 2. The second kappa shape index (κ2) is 8.91. The molecule has 0 spiro atoms. The van der Waals surface area contributed by atoms with Crippen LogP contribution in [0.1, 0.15) is 24.1 Å². The number of carbonyl (C=O) groups is 2. The molecule has 0 unspecified atom stereocenters. The standard InChI is InChI=1S/C18H19F2N3O3/c1-11(16(24)23-18(21)25)22-15(12-5-3-2-4-6-12)13-7-9-14(10-8-13)26-17(19)20/h2-11,15,17,22H,1H3,(H3,21,23,24,25)/p+1/t11-,15-/m1/s1. The van der Waals surface area contributed by atoms with E-state index in [-0.39, 0.29) is 11.8 Å². The van der Waals surface area contributed by atoms with E-state index >= 15 is 0 Å². The van der Waals surface area contributed by atoms with Crippen LogP contribution in [-0.4, -0.2) is 24.6 Å². The quantitative estimate of drug-likeness (QED) is 0.695. The molecule has 26 heavy (non-hydrogen) atoms. The van der Waals surface area contributed by atoms with Crippen LogP contribution in [0.3, 0.4) is 0 Å². The van der Waals surface area contributed by atoms with E-state index < -0.39 is 24.6 Å². The number of nitrogens with two attached hydrogens (primary N) is 2. The highest BCUT2D eigenvalue weighted by Crippen LogP contribution is 2.22. The Morgan fingerprint density at radius 1 is 1.04 bits per heavy atom. The van der Waals surface area contributed by atoms with Crippen molar-refractivity contribution in [2.24, 2.45) is 5.73 Å². The number of amides is 3. The van der Waals surface area contributed by atoms with Crippen LogP contribution in [0.4, 0.5) is 13.6 Å². The Balaban J connectivity index is 2.24. The van der Waals surface area contributed by atoms with Gasteiger partial charge in [-0.3, -0.25) is 10.1 Å². The minimum atomic E-state index is -2.89. The summed E-state index contributed by atoms with van der Waals surface area (Å²) >= 11 is 0. The monoisotopic (exact) mass is 364 g/mol. The molecule has 2 rings (SSSR count). The molecular formula is C18H20F2N3O3+. The van der Waals surface area contributed by atoms with Crippen LogP contribution in [0.25, 0.3) is 0 Å². The molecule has 2 atom stereocenters. The van der Waals surface area contributed by atoms with Gasteiger partial charge in [0.05, 0.1) is 0 Å². The van der Waals surface area contributed by atoms with E-state index in [0.717, 1.165) is 11.1 Å². The maximum atomic E-state index is 12.3. The summed E-state index contributed by atoms with van der Waals surface area (Å²) in [4.78, 5) is 22.8. The molecule has 0 aliphatic rings. The summed E-state index contributed by atoms with van der Waals surface area (Å²) in [6.07, 6.45) is 0. The molecule has 8 heteroatoms. The van der Waals surface area contributed by atoms with Gasteiger partial charge in [0.2, 0.25) is 0 Å². The Morgan fingerprint density at radius 2 is 1.62 bits per heavy atom. The Labute approximate surface area is 149 Å². The second-order valence-electron chi connectivity index (χ2n) is 5.67. The molecule has 0 aromatic heterocycles. The number of urea groups is 1. The minimum Gasteiger partial charge on any atom is -0.435 e. The number of primary amides is 1. The fourth-order valence-electron chi connectivity index (χ4n) is 2.54. The molecule has 3 amide bonds. The number of nitrogens with one attached hydrogen (secondary N) is 1. The fraction of sp³-hybridized carbons (Fsp3) is 0.222. The number of ether oxygens (including phenoxy) is 1. The summed E-state index contributed by atoms with van der Waals surface area (Å²) in [5.74, 6) is -0.467. The van der Waals surface area contributed by atoms with Gasteiger partial charge in [-0.1, -0.05) is 30.3 Å². The third-order valence-corrected chi connectivity index (χ3v) is 3.76. The highest BCUT2D eigenvalue weighted by Gasteiger charge is 2.25. The lowest BCUT2D eigenvalue weighted by molar-refractivity contribution is -0.704. The molecule has 138 valence electrons. The zero-order chi connectivity index (χ0) is 19.1. The van der Waals surface area contributed by atoms with Gasteiger partial charge in [-0.25, -0.2) is 4.79 Å². The minimum absolute atomic E-state index is 0.0510. The van der Waals surface area contributed by atoms with Gasteiger partial charge in [0, 0.05) is 11.1 Å². The lowest BCUT2D eigenvalue weighted by Gasteiger charge is -2.20. The van der Waals surface area contributed by atoms with Crippen molar-refractivity contribution in [3.05, 3.63) is 65.7 Å². The summed E-state index contributed by atoms with van der Waals surface area (Å²) in [6.45, 7) is -1.25. The second-order valence-corrected chi connectivity index (χ2v) is 5.67. The number of hydrogen-bond donors (Lipinski definition) is 3. The van der Waals surface area contributed by atoms with E-state index in [0.29, 0.717) is 0 Å². The lowest BCUT2D eigenvalue weighted by Crippen LogP contribution is -2.93. The third kappa shape index (κ3) is 5.52. The lowest BCUT2D eigenvalue weighted by atomic mass is 9.97. The number of rotatable bonds is 7. The van der Waals surface area contributed by atoms with E-state index in [1.54, 1.807) is 24.4 Å². The van der Waals surface area contributed by atoms with Crippen LogP contribution in [0.5, 0.6) is 5.75 Å². The van der Waals surface area contributed by atoms with Crippen molar-refractivity contribution in [3.63, 3.8) is 0 Å². The van der Waals surface area contributed by atoms with E-state index in [1.165, 1.54) is 12.1 Å². The summed E-state index contributed by atoms with van der Waals surface area (Å²) < 4.78 is 29.0. The highest BCUT2D eigenvalue weighted by atomic mass is 19.3. The SMILES string of the molecule is C[C@@H]([NH2+][C@H](c1ccccc1)c1ccc(OC(F)F)cc1)C(=O)NC(N)=O. The Hall–Kier alpha value is -3.00. The van der Waals surface area contributed by atoms with Gasteiger partial charge in [0.15, 0.2) is 6.04 Å². The largest absolute Gasteiger partial charge is 0.435 e. The van der Waals surface area contributed by atoms with Crippen molar-refractivity contribution in [3.8, 4) is 5.75 Å². The predicted octanol–water partition coefficient (Wildman–Crippen LogP) is 1.52. The van der Waals surface area contributed by atoms with Crippen LogP contribution in [0.15, 0.2) is 54.6 Å². The van der Waals surface area contributed by atoms with Crippen molar-refractivity contribution in [1.82, 2.24) is 5.32 Å². The Bertz CT molecular complexity index is 739. The topological polar surface area (TPSA) is 98.0 Å². The zero-order valence-corrected chi connectivity index (χ0v) is 14.1. The number of benzene rings is 2. The summed E-state index contributed by atoms with van der Waals surface area (Å²) in [7, 11) is 0. The van der Waals surface area contributed by atoms with Gasteiger partial charge in [-0.2, -0.15) is 8.78 Å². The smallest absolute Gasteiger partial charge is 0.387 e. The molecule has 0 saturated carbocycles. The zero-order valence-electron chi connectivity index (χ0n) is 14.1. The first kappa shape index (κ1) is 19.3. The van der Waals surface area contributed by atoms with Gasteiger partial charge >= 0.3 is 12.6 Å². The van der Waals surface area contributed by atoms with Crippen LogP contribution in [0, 0.1) is 0 Å². The van der Waals surface area contributed by atoms with Gasteiger partial charge in [-0.05, 0) is 31.2 Å². The predicted molar refractivity (Wildman–Crippen MR) is 90.5 cm³/mol. The number of carbonyl (C=O) groups excluding carboxylic acids is 2. The number of hydrogen-bond acceptors (Lipinski definition) is 3. The van der Waals surface area contributed by atoms with E-state index in [4.69, 9.17) is 5.73 Å². The number of halogens is 2. The van der Waals surface area contributed by atoms with Crippen molar-refractivity contribution >= 4 is 11.9 Å². The molecule has 2 aromatic rings. The maximum absolute atomic E-state index is 12.3. The molecule has 2 aromatic carbocycles. The van der Waals surface area contributed by atoms with Crippen molar-refractivity contribution in [1.29, 1.82) is 0 Å². The Morgan fingerprint density at radius 3 is 2.15 bits per heavy atom. The third-order valence-electron chi connectivity index (χ3n) is 3.76. The number of quaternary nitrogens is 1. The average molecular weight is 364 g/mol. The first-order chi connectivity index (χ1) is 12.4. The van der Waals surface area contributed by atoms with E-state index in [9.17, 15) is 18.4 Å². The molecule has 0 aliphatic carbocycles. The van der Waals surface area contributed by atoms with Gasteiger partial charge < -0.3 is 15.8 Å². The molecule has 0 radical (unpaired) electrons. The fourth-order valence-corrected chi connectivity index (χ4v) is 2.54. The van der Waals surface area contributed by atoms with Crippen molar-refractivity contribution in [2.75, 3.05) is 0 Å². The maximum Gasteiger partial charge on any atom is 0.387 e. The van der Waals surface area contributed by atoms with Crippen LogP contribution in [-0.2, 0) is 4.79 Å². The molecule has 0 saturated heterocycles. The van der Waals surface area contributed by atoms with Crippen molar-refractivity contribution in [2.45, 2.75) is 25.6 Å².